The molecule has 32 heavy (non-hydrogen) atoms. The molecule has 1 atom stereocenters. The Labute approximate surface area is 187 Å². The van der Waals surface area contributed by atoms with Crippen LogP contribution < -0.4 is 19.9 Å². The number of benzene rings is 1. The number of nitrogens with two attached hydrogens (primary N) is 1. The molecule has 0 bridgehead atoms. The van der Waals surface area contributed by atoms with Gasteiger partial charge in [-0.1, -0.05) is 17.7 Å². The first-order chi connectivity index (χ1) is 15.3. The quantitative estimate of drug-likeness (QED) is 0.587. The molecule has 1 aliphatic rings. The SMILES string of the molecule is COc1cc(-c2ccc(Cl)c(F)c2NC(=O)N=[S@@](N)(=O)c2cnn3c2OCCC3)ccn1. The van der Waals surface area contributed by atoms with Crippen LogP contribution in [0.1, 0.15) is 6.42 Å². The number of aromatic nitrogens is 3. The molecule has 3 heterocycles. The molecule has 0 spiro atoms. The molecule has 1 aromatic carbocycles. The van der Waals surface area contributed by atoms with E-state index in [-0.39, 0.29) is 32.9 Å². The van der Waals surface area contributed by atoms with E-state index in [0.29, 0.717) is 18.7 Å². The van der Waals surface area contributed by atoms with E-state index in [4.69, 9.17) is 26.2 Å². The molecule has 0 fully saturated rings. The molecule has 4 rings (SSSR count). The van der Waals surface area contributed by atoms with Crippen LogP contribution >= 0.6 is 11.6 Å². The summed E-state index contributed by atoms with van der Waals surface area (Å²) in [5.41, 5.74) is 0.518. The van der Waals surface area contributed by atoms with Crippen molar-refractivity contribution in [1.82, 2.24) is 14.8 Å². The molecule has 10 nitrogen and oxygen atoms in total. The third-order valence-electron chi connectivity index (χ3n) is 4.63. The van der Waals surface area contributed by atoms with Crippen molar-refractivity contribution in [2.24, 2.45) is 9.50 Å². The number of amides is 2. The fraction of sp³-hybridized carbons (Fsp3) is 0.211. The van der Waals surface area contributed by atoms with Crippen molar-refractivity contribution in [3.8, 4) is 22.9 Å². The van der Waals surface area contributed by atoms with Gasteiger partial charge in [-0.05, 0) is 17.7 Å². The zero-order valence-electron chi connectivity index (χ0n) is 16.7. The molecule has 1 aliphatic heterocycles. The zero-order valence-corrected chi connectivity index (χ0v) is 18.3. The van der Waals surface area contributed by atoms with Gasteiger partial charge in [0.25, 0.3) is 0 Å². The molecule has 0 saturated carbocycles. The maximum absolute atomic E-state index is 14.9. The number of nitrogens with one attached hydrogen (secondary N) is 1. The summed E-state index contributed by atoms with van der Waals surface area (Å²) in [6, 6.07) is 4.88. The molecule has 0 aliphatic carbocycles. The minimum absolute atomic E-state index is 0.0157. The highest BCUT2D eigenvalue weighted by Crippen LogP contribution is 2.35. The first-order valence-corrected chi connectivity index (χ1v) is 11.3. The van der Waals surface area contributed by atoms with Gasteiger partial charge < -0.3 is 14.8 Å². The number of carbonyl (C=O) groups excluding carboxylic acids is 1. The topological polar surface area (TPSA) is 134 Å². The highest BCUT2D eigenvalue weighted by Gasteiger charge is 2.24. The molecule has 168 valence electrons. The van der Waals surface area contributed by atoms with Crippen molar-refractivity contribution in [2.75, 3.05) is 19.0 Å². The van der Waals surface area contributed by atoms with E-state index in [1.165, 1.54) is 36.3 Å². The van der Waals surface area contributed by atoms with Crippen molar-refractivity contribution in [3.05, 3.63) is 47.5 Å². The van der Waals surface area contributed by atoms with E-state index in [1.54, 1.807) is 12.1 Å². The number of rotatable bonds is 4. The number of fused-ring (bicyclic) bond motifs is 1. The molecule has 0 unspecified atom stereocenters. The fourth-order valence-corrected chi connectivity index (χ4v) is 4.31. The number of anilines is 1. The second kappa shape index (κ2) is 8.73. The average molecular weight is 481 g/mol. The Balaban J connectivity index is 1.71. The Morgan fingerprint density at radius 2 is 2.25 bits per heavy atom. The summed E-state index contributed by atoms with van der Waals surface area (Å²) in [6.45, 7) is 0.955. The number of halogens is 2. The number of methoxy groups -OCH3 is 1. The predicted molar refractivity (Wildman–Crippen MR) is 116 cm³/mol. The Bertz CT molecular complexity index is 1320. The first-order valence-electron chi connectivity index (χ1n) is 9.33. The fourth-order valence-electron chi connectivity index (χ4n) is 3.15. The Kier molecular flexibility index (Phi) is 6.00. The van der Waals surface area contributed by atoms with E-state index in [2.05, 4.69) is 19.8 Å². The van der Waals surface area contributed by atoms with Gasteiger partial charge in [0.2, 0.25) is 11.8 Å². The van der Waals surface area contributed by atoms with Crippen LogP contribution in [0.15, 0.2) is 45.9 Å². The van der Waals surface area contributed by atoms with Crippen LogP contribution in [0, 0.1) is 5.82 Å². The lowest BCUT2D eigenvalue weighted by Gasteiger charge is -2.16. The van der Waals surface area contributed by atoms with E-state index in [0.717, 1.165) is 6.42 Å². The third kappa shape index (κ3) is 4.24. The molecular weight excluding hydrogens is 463 g/mol. The van der Waals surface area contributed by atoms with E-state index >= 15 is 0 Å². The van der Waals surface area contributed by atoms with Crippen molar-refractivity contribution in [3.63, 3.8) is 0 Å². The second-order valence-electron chi connectivity index (χ2n) is 6.70. The molecule has 13 heteroatoms. The van der Waals surface area contributed by atoms with Gasteiger partial charge in [0, 0.05) is 30.8 Å². The smallest absolute Gasteiger partial charge is 0.354 e. The molecule has 3 aromatic rings. The van der Waals surface area contributed by atoms with Crippen LogP contribution in [0.2, 0.25) is 5.02 Å². The number of urea groups is 1. The van der Waals surface area contributed by atoms with E-state index < -0.39 is 21.8 Å². The van der Waals surface area contributed by atoms with Crippen molar-refractivity contribution in [2.45, 2.75) is 17.9 Å². The monoisotopic (exact) mass is 480 g/mol. The van der Waals surface area contributed by atoms with Gasteiger partial charge in [-0.15, -0.1) is 4.36 Å². The van der Waals surface area contributed by atoms with Gasteiger partial charge in [0.1, 0.15) is 4.90 Å². The summed E-state index contributed by atoms with van der Waals surface area (Å²) in [5, 5.41) is 12.0. The number of hydrogen-bond acceptors (Lipinski definition) is 6. The Hall–Kier alpha value is -3.22. The summed E-state index contributed by atoms with van der Waals surface area (Å²) in [7, 11) is -2.28. The van der Waals surface area contributed by atoms with E-state index in [1.807, 2.05) is 0 Å². The normalized spacial score (nSPS) is 14.6. The summed E-state index contributed by atoms with van der Waals surface area (Å²) < 4.78 is 43.5. The van der Waals surface area contributed by atoms with Crippen LogP contribution in [-0.4, -0.2) is 38.7 Å². The summed E-state index contributed by atoms with van der Waals surface area (Å²) in [6.07, 6.45) is 3.44. The summed E-state index contributed by atoms with van der Waals surface area (Å²) in [4.78, 5) is 16.6. The number of hydrogen-bond donors (Lipinski definition) is 2. The molecule has 2 amide bonds. The molecular formula is C19H18ClFN6O4S. The van der Waals surface area contributed by atoms with Gasteiger partial charge in [-0.3, -0.25) is 0 Å². The minimum Gasteiger partial charge on any atom is -0.481 e. The minimum atomic E-state index is -3.72. The molecule has 2 aromatic heterocycles. The van der Waals surface area contributed by atoms with Crippen molar-refractivity contribution in [1.29, 1.82) is 0 Å². The second-order valence-corrected chi connectivity index (χ2v) is 8.87. The van der Waals surface area contributed by atoms with Gasteiger partial charge in [0.15, 0.2) is 15.7 Å². The average Bonchev–Trinajstić information content (AvgIpc) is 3.22. The van der Waals surface area contributed by atoms with E-state index in [9.17, 15) is 13.4 Å². The van der Waals surface area contributed by atoms with Crippen molar-refractivity contribution >= 4 is 33.2 Å². The van der Waals surface area contributed by atoms with Crippen LogP contribution in [0.4, 0.5) is 14.9 Å². The van der Waals surface area contributed by atoms with Gasteiger partial charge in [-0.2, -0.15) is 5.10 Å². The standard InChI is InChI=1S/C19H18ClFN6O4S/c1-30-15-9-11(5-6-23-15)12-3-4-13(20)16(21)17(12)25-19(28)26-32(22,29)14-10-24-27-7-2-8-31-18(14)27/h3-6,9-10H,2,7-8H2,1H3,(H3,22,25,26,28,29)/t32-/m1/s1. The highest BCUT2D eigenvalue weighted by molar-refractivity contribution is 7.91. The third-order valence-corrected chi connectivity index (χ3v) is 6.27. The van der Waals surface area contributed by atoms with Gasteiger partial charge in [0.05, 0.1) is 30.6 Å². The molecule has 3 N–H and O–H groups in total. The molecule has 0 radical (unpaired) electrons. The Morgan fingerprint density at radius 1 is 1.44 bits per heavy atom. The summed E-state index contributed by atoms with van der Waals surface area (Å²) in [5.74, 6) is -0.409. The lowest BCUT2D eigenvalue weighted by molar-refractivity contribution is 0.224. The largest absolute Gasteiger partial charge is 0.481 e. The van der Waals surface area contributed by atoms with Crippen LogP contribution in [0.25, 0.3) is 11.1 Å². The highest BCUT2D eigenvalue weighted by atomic mass is 35.5. The molecule has 0 saturated heterocycles. The van der Waals surface area contributed by atoms with Crippen LogP contribution in [0.5, 0.6) is 11.8 Å². The number of carbonyl (C=O) groups is 1. The van der Waals surface area contributed by atoms with Gasteiger partial charge in [-0.25, -0.2) is 28.2 Å². The van der Waals surface area contributed by atoms with Gasteiger partial charge >= 0.3 is 6.03 Å². The van der Waals surface area contributed by atoms with Crippen LogP contribution in [-0.2, 0) is 16.5 Å². The maximum atomic E-state index is 14.9. The zero-order chi connectivity index (χ0) is 22.9. The number of pyridine rings is 1. The first kappa shape index (κ1) is 22.0. The lowest BCUT2D eigenvalue weighted by Crippen LogP contribution is -2.21. The van der Waals surface area contributed by atoms with Crippen LogP contribution in [0.3, 0.4) is 0 Å². The number of ether oxygens (including phenoxy) is 2. The summed E-state index contributed by atoms with van der Waals surface area (Å²) >= 11 is 5.91. The number of aryl methyl sites for hydroxylation is 1. The lowest BCUT2D eigenvalue weighted by atomic mass is 10.0. The predicted octanol–water partition coefficient (Wildman–Crippen LogP) is 3.46. The number of nitrogens with zero attached hydrogens (tertiary/aromatic N) is 4. The maximum Gasteiger partial charge on any atom is 0.354 e. The van der Waals surface area contributed by atoms with Crippen molar-refractivity contribution < 1.29 is 22.9 Å². The Morgan fingerprint density at radius 3 is 3.03 bits per heavy atom.